The van der Waals surface area contributed by atoms with Gasteiger partial charge in [0.15, 0.2) is 5.78 Å². The summed E-state index contributed by atoms with van der Waals surface area (Å²) < 4.78 is 1.52. The number of hydrogen-bond acceptors (Lipinski definition) is 6. The second-order valence-corrected chi connectivity index (χ2v) is 8.14. The second-order valence-electron chi connectivity index (χ2n) is 8.14. The molecule has 0 fully saturated rings. The maximum absolute atomic E-state index is 13.1. The number of amides is 2. The van der Waals surface area contributed by atoms with E-state index >= 15 is 0 Å². The number of benzene rings is 2. The van der Waals surface area contributed by atoms with Crippen molar-refractivity contribution in [3.8, 4) is 0 Å². The summed E-state index contributed by atoms with van der Waals surface area (Å²) in [6, 6.07) is 15.1. The van der Waals surface area contributed by atoms with Gasteiger partial charge in [-0.1, -0.05) is 0 Å². The highest BCUT2D eigenvalue weighted by atomic mass is 16.2. The largest absolute Gasteiger partial charge is 0.325 e. The zero-order chi connectivity index (χ0) is 24.5. The predicted octanol–water partition coefficient (Wildman–Crippen LogP) is 3.37. The van der Waals surface area contributed by atoms with Gasteiger partial charge in [-0.25, -0.2) is 4.99 Å². The fourth-order valence-corrected chi connectivity index (χ4v) is 3.94. The molecule has 0 saturated heterocycles. The maximum Gasteiger partial charge on any atom is 0.273 e. The van der Waals surface area contributed by atoms with Gasteiger partial charge in [-0.2, -0.15) is 10.2 Å². The normalized spacial score (nSPS) is 14.7. The quantitative estimate of drug-likeness (QED) is 0.295. The van der Waals surface area contributed by atoms with Crippen molar-refractivity contribution >= 4 is 41.0 Å². The van der Waals surface area contributed by atoms with Crippen LogP contribution in [0.4, 0.5) is 17.2 Å². The summed E-state index contributed by atoms with van der Waals surface area (Å²) in [6.45, 7) is 1.82. The number of rotatable bonds is 6. The van der Waals surface area contributed by atoms with E-state index in [-0.39, 0.29) is 17.6 Å². The molecular formula is C25H21N7O3. The maximum atomic E-state index is 13.1. The fraction of sp³-hybridized carbons (Fsp3) is 0.120. The fourth-order valence-electron chi connectivity index (χ4n) is 3.94. The molecule has 10 heteroatoms. The van der Waals surface area contributed by atoms with Crippen LogP contribution in [0, 0.1) is 6.92 Å². The van der Waals surface area contributed by atoms with E-state index in [0.29, 0.717) is 39.6 Å². The van der Waals surface area contributed by atoms with Crippen LogP contribution >= 0.6 is 0 Å². The number of H-pyrrole nitrogens is 1. The van der Waals surface area contributed by atoms with Gasteiger partial charge in [0.25, 0.3) is 5.91 Å². The van der Waals surface area contributed by atoms with Crippen LogP contribution in [0.1, 0.15) is 43.6 Å². The van der Waals surface area contributed by atoms with E-state index in [0.717, 1.165) is 5.69 Å². The van der Waals surface area contributed by atoms with Crippen molar-refractivity contribution in [2.45, 2.75) is 12.8 Å². The van der Waals surface area contributed by atoms with Crippen molar-refractivity contribution in [2.75, 3.05) is 10.6 Å². The monoisotopic (exact) mass is 467 g/mol. The highest BCUT2D eigenvalue weighted by molar-refractivity contribution is 6.15. The van der Waals surface area contributed by atoms with Gasteiger partial charge in [-0.05, 0) is 61.0 Å². The van der Waals surface area contributed by atoms with E-state index in [2.05, 4.69) is 30.9 Å². The second kappa shape index (κ2) is 8.82. The molecule has 0 aliphatic carbocycles. The van der Waals surface area contributed by atoms with Crippen LogP contribution in [0.15, 0.2) is 65.8 Å². The lowest BCUT2D eigenvalue weighted by Gasteiger charge is -2.08. The zero-order valence-electron chi connectivity index (χ0n) is 18.9. The number of ketones is 1. The van der Waals surface area contributed by atoms with Crippen LogP contribution in [-0.4, -0.2) is 43.8 Å². The topological polar surface area (TPSA) is 134 Å². The standard InChI is InChI=1S/C25H21N7O3/c1-14-11-21(32(2)31-14)25(35)28-17-6-3-15(4-7-17)23(33)16-5-8-20-18(12-16)19(24(34)29-20)13-26-22-9-10-27-30-22/h3-13,19H,1-2H3,(H,27,30)(H,28,35)(H,29,34). The molecule has 0 bridgehead atoms. The van der Waals surface area contributed by atoms with Gasteiger partial charge in [0.2, 0.25) is 5.91 Å². The van der Waals surface area contributed by atoms with E-state index < -0.39 is 5.92 Å². The molecule has 0 radical (unpaired) electrons. The molecule has 1 atom stereocenters. The minimum Gasteiger partial charge on any atom is -0.325 e. The Balaban J connectivity index is 1.33. The molecule has 1 unspecified atom stereocenters. The Morgan fingerprint density at radius 2 is 1.86 bits per heavy atom. The molecule has 0 saturated carbocycles. The number of aryl methyl sites for hydroxylation is 2. The Kier molecular flexibility index (Phi) is 5.54. The number of nitrogens with one attached hydrogen (secondary N) is 3. The van der Waals surface area contributed by atoms with Crippen molar-refractivity contribution in [1.29, 1.82) is 0 Å². The molecule has 3 heterocycles. The summed E-state index contributed by atoms with van der Waals surface area (Å²) in [6.07, 6.45) is 3.10. The average Bonchev–Trinajstić information content (AvgIpc) is 3.56. The first kappa shape index (κ1) is 22.0. The Labute approximate surface area is 200 Å². The Bertz CT molecular complexity index is 1470. The zero-order valence-corrected chi connectivity index (χ0v) is 18.9. The molecule has 1 aliphatic heterocycles. The summed E-state index contributed by atoms with van der Waals surface area (Å²) in [5, 5.41) is 16.4. The van der Waals surface area contributed by atoms with E-state index in [9.17, 15) is 14.4 Å². The summed E-state index contributed by atoms with van der Waals surface area (Å²) in [7, 11) is 1.71. The first-order valence-electron chi connectivity index (χ1n) is 10.8. The van der Waals surface area contributed by atoms with Crippen molar-refractivity contribution in [3.05, 3.63) is 88.9 Å². The predicted molar refractivity (Wildman–Crippen MR) is 130 cm³/mol. The molecule has 2 aromatic carbocycles. The summed E-state index contributed by atoms with van der Waals surface area (Å²) in [5.74, 6) is -0.780. The number of hydrogen-bond donors (Lipinski definition) is 3. The van der Waals surface area contributed by atoms with Crippen LogP contribution < -0.4 is 10.6 Å². The smallest absolute Gasteiger partial charge is 0.273 e. The number of aliphatic imine (C=N–C) groups is 1. The molecule has 0 spiro atoms. The van der Waals surface area contributed by atoms with E-state index in [1.165, 1.54) is 10.9 Å². The van der Waals surface area contributed by atoms with Crippen molar-refractivity contribution in [2.24, 2.45) is 12.0 Å². The summed E-state index contributed by atoms with van der Waals surface area (Å²) in [4.78, 5) is 42.3. The van der Waals surface area contributed by atoms with Gasteiger partial charge in [0.1, 0.15) is 17.4 Å². The van der Waals surface area contributed by atoms with E-state index in [4.69, 9.17) is 0 Å². The number of carbonyl (C=O) groups is 3. The Morgan fingerprint density at radius 1 is 1.09 bits per heavy atom. The van der Waals surface area contributed by atoms with Gasteiger partial charge in [0.05, 0.1) is 11.9 Å². The molecule has 4 aromatic rings. The molecule has 2 amide bonds. The molecule has 10 nitrogen and oxygen atoms in total. The van der Waals surface area contributed by atoms with Gasteiger partial charge < -0.3 is 10.6 Å². The van der Waals surface area contributed by atoms with E-state index in [1.54, 1.807) is 67.8 Å². The number of aromatic nitrogens is 4. The lowest BCUT2D eigenvalue weighted by atomic mass is 9.96. The molecule has 5 rings (SSSR count). The SMILES string of the molecule is Cc1cc(C(=O)Nc2ccc(C(=O)c3ccc4c(c3)C(C=Nc3ccn[nH]3)C(=O)N4)cc2)n(C)n1. The van der Waals surface area contributed by atoms with Crippen LogP contribution in [0.2, 0.25) is 0 Å². The summed E-state index contributed by atoms with van der Waals surface area (Å²) >= 11 is 0. The van der Waals surface area contributed by atoms with Gasteiger partial charge >= 0.3 is 0 Å². The van der Waals surface area contributed by atoms with Crippen molar-refractivity contribution < 1.29 is 14.4 Å². The van der Waals surface area contributed by atoms with E-state index in [1.807, 2.05) is 6.92 Å². The molecule has 2 aromatic heterocycles. The molecule has 3 N–H and O–H groups in total. The summed E-state index contributed by atoms with van der Waals surface area (Å²) in [5.41, 5.74) is 3.98. The third-order valence-electron chi connectivity index (χ3n) is 5.68. The van der Waals surface area contributed by atoms with Crippen LogP contribution in [0.3, 0.4) is 0 Å². The lowest BCUT2D eigenvalue weighted by Crippen LogP contribution is -2.16. The minimum atomic E-state index is -0.616. The van der Waals surface area contributed by atoms with Crippen LogP contribution in [0.25, 0.3) is 0 Å². The Morgan fingerprint density at radius 3 is 2.54 bits per heavy atom. The van der Waals surface area contributed by atoms with Gasteiger partial charge in [0, 0.05) is 41.8 Å². The first-order chi connectivity index (χ1) is 16.9. The van der Waals surface area contributed by atoms with Crippen molar-refractivity contribution in [3.63, 3.8) is 0 Å². The van der Waals surface area contributed by atoms with Gasteiger partial charge in [-0.15, -0.1) is 0 Å². The Hall–Kier alpha value is -4.86. The van der Waals surface area contributed by atoms with Gasteiger partial charge in [-0.3, -0.25) is 24.2 Å². The highest BCUT2D eigenvalue weighted by Gasteiger charge is 2.30. The molecule has 174 valence electrons. The molecule has 1 aliphatic rings. The third kappa shape index (κ3) is 4.36. The molecular weight excluding hydrogens is 446 g/mol. The number of anilines is 2. The number of fused-ring (bicyclic) bond motifs is 1. The van der Waals surface area contributed by atoms with Crippen LogP contribution in [0.5, 0.6) is 0 Å². The molecule has 35 heavy (non-hydrogen) atoms. The average molecular weight is 467 g/mol. The first-order valence-corrected chi connectivity index (χ1v) is 10.8. The third-order valence-corrected chi connectivity index (χ3v) is 5.68. The number of aromatic amines is 1. The van der Waals surface area contributed by atoms with Crippen molar-refractivity contribution in [1.82, 2.24) is 20.0 Å². The minimum absolute atomic E-state index is 0.198. The van der Waals surface area contributed by atoms with Crippen LogP contribution in [-0.2, 0) is 11.8 Å². The highest BCUT2D eigenvalue weighted by Crippen LogP contribution is 2.33. The number of carbonyl (C=O) groups excluding carboxylic acids is 3. The lowest BCUT2D eigenvalue weighted by molar-refractivity contribution is -0.115. The number of nitrogens with zero attached hydrogens (tertiary/aromatic N) is 4.